The zero-order valence-corrected chi connectivity index (χ0v) is 19.1. The van der Waals surface area contributed by atoms with Crippen molar-refractivity contribution in [2.45, 2.75) is 64.8 Å². The topological polar surface area (TPSA) is 84.7 Å². The lowest BCUT2D eigenvalue weighted by Gasteiger charge is -2.26. The van der Waals surface area contributed by atoms with Crippen molar-refractivity contribution in [2.75, 3.05) is 12.9 Å². The Morgan fingerprint density at radius 2 is 2.10 bits per heavy atom. The van der Waals surface area contributed by atoms with Crippen molar-refractivity contribution in [2.24, 2.45) is 0 Å². The summed E-state index contributed by atoms with van der Waals surface area (Å²) in [4.78, 5) is 14.8. The van der Waals surface area contributed by atoms with Crippen LogP contribution in [0.1, 0.15) is 42.9 Å². The summed E-state index contributed by atoms with van der Waals surface area (Å²) in [6.07, 6.45) is 7.17. The standard InChI is InChI=1S/C22H30N4O4S/c1-16-11-23-24(12-16)9-8-22(27)25-14-19-10-18(4-7-21(19)30-15-17(25)2)13-26(20-5-6-20)31(3,28)29/h4,7,10-12,17,20H,5-6,8-9,13-15H2,1-3H3/t17-/m0/s1. The second-order valence-electron chi connectivity index (χ2n) is 8.69. The molecule has 168 valence electrons. The first-order chi connectivity index (χ1) is 14.7. The lowest BCUT2D eigenvalue weighted by atomic mass is 10.1. The van der Waals surface area contributed by atoms with Gasteiger partial charge in [-0.2, -0.15) is 9.40 Å². The Kier molecular flexibility index (Phi) is 6.07. The molecule has 8 nitrogen and oxygen atoms in total. The number of aryl methyl sites for hydroxylation is 2. The molecule has 0 radical (unpaired) electrons. The van der Waals surface area contributed by atoms with Crippen LogP contribution in [0.15, 0.2) is 30.6 Å². The Morgan fingerprint density at radius 1 is 1.32 bits per heavy atom. The first kappa shape index (κ1) is 21.8. The third kappa shape index (κ3) is 5.27. The molecule has 2 heterocycles. The smallest absolute Gasteiger partial charge is 0.225 e. The molecule has 1 saturated carbocycles. The highest BCUT2D eigenvalue weighted by molar-refractivity contribution is 7.88. The minimum Gasteiger partial charge on any atom is -0.491 e. The van der Waals surface area contributed by atoms with Crippen LogP contribution in [0, 0.1) is 6.92 Å². The van der Waals surface area contributed by atoms with E-state index in [1.165, 1.54) is 6.26 Å². The Bertz CT molecular complexity index is 1060. The highest BCUT2D eigenvalue weighted by Crippen LogP contribution is 2.32. The van der Waals surface area contributed by atoms with Crippen molar-refractivity contribution < 1.29 is 17.9 Å². The molecule has 1 aliphatic carbocycles. The summed E-state index contributed by atoms with van der Waals surface area (Å²) >= 11 is 0. The number of carbonyl (C=O) groups is 1. The van der Waals surface area contributed by atoms with Crippen molar-refractivity contribution >= 4 is 15.9 Å². The fourth-order valence-corrected chi connectivity index (χ4v) is 5.11. The van der Waals surface area contributed by atoms with E-state index in [9.17, 15) is 13.2 Å². The number of ether oxygens (including phenoxy) is 1. The fourth-order valence-electron chi connectivity index (χ4n) is 3.97. The van der Waals surface area contributed by atoms with Gasteiger partial charge in [-0.15, -0.1) is 0 Å². The lowest BCUT2D eigenvalue weighted by molar-refractivity contribution is -0.134. The molecule has 1 aliphatic heterocycles. The van der Waals surface area contributed by atoms with Crippen LogP contribution in [0.4, 0.5) is 0 Å². The summed E-state index contributed by atoms with van der Waals surface area (Å²) in [5.74, 6) is 0.809. The molecule has 0 unspecified atom stereocenters. The van der Waals surface area contributed by atoms with Gasteiger partial charge in [0.2, 0.25) is 15.9 Å². The SMILES string of the molecule is Cc1cnn(CCC(=O)N2Cc3cc(CN(C4CC4)S(C)(=O)=O)ccc3OC[C@@H]2C)c1. The van der Waals surface area contributed by atoms with Gasteiger partial charge in [0.1, 0.15) is 12.4 Å². The highest BCUT2D eigenvalue weighted by atomic mass is 32.2. The normalized spacial score (nSPS) is 19.1. The number of benzene rings is 1. The number of fused-ring (bicyclic) bond motifs is 1. The molecule has 1 fully saturated rings. The molecule has 1 aromatic heterocycles. The maximum atomic E-state index is 13.0. The van der Waals surface area contributed by atoms with E-state index in [0.29, 0.717) is 32.7 Å². The Labute approximate surface area is 183 Å². The average molecular weight is 447 g/mol. The summed E-state index contributed by atoms with van der Waals surface area (Å²) in [7, 11) is -3.26. The van der Waals surface area contributed by atoms with Crippen molar-refractivity contribution in [1.82, 2.24) is 19.0 Å². The van der Waals surface area contributed by atoms with Crippen molar-refractivity contribution in [3.8, 4) is 5.75 Å². The van der Waals surface area contributed by atoms with E-state index in [0.717, 1.165) is 35.3 Å². The average Bonchev–Trinajstić information content (AvgIpc) is 3.48. The summed E-state index contributed by atoms with van der Waals surface area (Å²) in [5.41, 5.74) is 2.89. The molecule has 1 amide bonds. The molecule has 2 aliphatic rings. The third-order valence-corrected chi connectivity index (χ3v) is 7.11. The van der Waals surface area contributed by atoms with Crippen LogP contribution in [0.2, 0.25) is 0 Å². The first-order valence-corrected chi connectivity index (χ1v) is 12.6. The van der Waals surface area contributed by atoms with Crippen molar-refractivity contribution in [3.63, 3.8) is 0 Å². The summed E-state index contributed by atoms with van der Waals surface area (Å²) in [5, 5.41) is 4.25. The number of hydrogen-bond donors (Lipinski definition) is 0. The van der Waals surface area contributed by atoms with Crippen LogP contribution in [0.3, 0.4) is 0 Å². The largest absolute Gasteiger partial charge is 0.491 e. The molecule has 9 heteroatoms. The quantitative estimate of drug-likeness (QED) is 0.652. The molecular formula is C22H30N4O4S. The molecule has 0 saturated heterocycles. The summed E-state index contributed by atoms with van der Waals surface area (Å²) < 4.78 is 33.7. The molecule has 1 aromatic carbocycles. The maximum Gasteiger partial charge on any atom is 0.225 e. The molecule has 2 aromatic rings. The van der Waals surface area contributed by atoms with E-state index in [2.05, 4.69) is 5.10 Å². The molecule has 0 N–H and O–H groups in total. The predicted molar refractivity (Wildman–Crippen MR) is 117 cm³/mol. The minimum atomic E-state index is -3.26. The van der Waals surface area contributed by atoms with Gasteiger partial charge in [-0.1, -0.05) is 6.07 Å². The van der Waals surface area contributed by atoms with Gasteiger partial charge < -0.3 is 9.64 Å². The Morgan fingerprint density at radius 3 is 2.74 bits per heavy atom. The lowest BCUT2D eigenvalue weighted by Crippen LogP contribution is -2.40. The van der Waals surface area contributed by atoms with E-state index in [1.807, 2.05) is 43.1 Å². The van der Waals surface area contributed by atoms with Gasteiger partial charge in [0.05, 0.1) is 18.5 Å². The Hall–Kier alpha value is -2.39. The van der Waals surface area contributed by atoms with Crippen LogP contribution < -0.4 is 4.74 Å². The third-order valence-electron chi connectivity index (χ3n) is 5.83. The molecule has 0 bridgehead atoms. The van der Waals surface area contributed by atoms with Gasteiger partial charge in [0, 0.05) is 43.9 Å². The number of sulfonamides is 1. The fraction of sp³-hybridized carbons (Fsp3) is 0.545. The van der Waals surface area contributed by atoms with Gasteiger partial charge in [-0.05, 0) is 49.9 Å². The first-order valence-electron chi connectivity index (χ1n) is 10.7. The molecule has 0 spiro atoms. The number of hydrogen-bond acceptors (Lipinski definition) is 5. The maximum absolute atomic E-state index is 13.0. The zero-order chi connectivity index (χ0) is 22.2. The molecule has 1 atom stereocenters. The second-order valence-corrected chi connectivity index (χ2v) is 10.6. The van der Waals surface area contributed by atoms with E-state index in [-0.39, 0.29) is 18.0 Å². The van der Waals surface area contributed by atoms with Crippen LogP contribution in [0.5, 0.6) is 5.75 Å². The number of rotatable bonds is 7. The van der Waals surface area contributed by atoms with E-state index >= 15 is 0 Å². The monoisotopic (exact) mass is 446 g/mol. The van der Waals surface area contributed by atoms with Gasteiger partial charge in [-0.3, -0.25) is 9.48 Å². The van der Waals surface area contributed by atoms with E-state index in [1.54, 1.807) is 15.2 Å². The number of nitrogens with zero attached hydrogens (tertiary/aromatic N) is 4. The van der Waals surface area contributed by atoms with Gasteiger partial charge in [0.25, 0.3) is 0 Å². The molecular weight excluding hydrogens is 416 g/mol. The molecule has 31 heavy (non-hydrogen) atoms. The second kappa shape index (κ2) is 8.63. The van der Waals surface area contributed by atoms with E-state index in [4.69, 9.17) is 4.74 Å². The van der Waals surface area contributed by atoms with Gasteiger partial charge >= 0.3 is 0 Å². The number of carbonyl (C=O) groups excluding carboxylic acids is 1. The number of amides is 1. The van der Waals surface area contributed by atoms with Crippen LogP contribution in [-0.2, 0) is 34.5 Å². The highest BCUT2D eigenvalue weighted by Gasteiger charge is 2.35. The van der Waals surface area contributed by atoms with Crippen molar-refractivity contribution in [3.05, 3.63) is 47.3 Å². The molecule has 4 rings (SSSR count). The minimum absolute atomic E-state index is 0.0539. The summed E-state index contributed by atoms with van der Waals surface area (Å²) in [6.45, 7) is 5.72. The number of aromatic nitrogens is 2. The van der Waals surface area contributed by atoms with E-state index < -0.39 is 10.0 Å². The summed E-state index contributed by atoms with van der Waals surface area (Å²) in [6, 6.07) is 5.84. The van der Waals surface area contributed by atoms with Gasteiger partial charge in [-0.25, -0.2) is 8.42 Å². The van der Waals surface area contributed by atoms with Crippen molar-refractivity contribution in [1.29, 1.82) is 0 Å². The van der Waals surface area contributed by atoms with Crippen LogP contribution in [0.25, 0.3) is 0 Å². The Balaban J connectivity index is 1.48. The van der Waals surface area contributed by atoms with Crippen LogP contribution >= 0.6 is 0 Å². The predicted octanol–water partition coefficient (Wildman–Crippen LogP) is 2.32. The zero-order valence-electron chi connectivity index (χ0n) is 18.3. The van der Waals surface area contributed by atoms with Gasteiger partial charge in [0.15, 0.2) is 0 Å². The van der Waals surface area contributed by atoms with Crippen LogP contribution in [-0.4, -0.2) is 58.3 Å².